The maximum absolute atomic E-state index is 12.8. The van der Waals surface area contributed by atoms with Crippen LogP contribution in [-0.2, 0) is 14.3 Å². The number of carboxylic acid groups (broad SMARTS) is 1. The normalized spacial score (nSPS) is 20.4. The molecule has 1 aliphatic heterocycles. The Morgan fingerprint density at radius 2 is 1.72 bits per heavy atom. The van der Waals surface area contributed by atoms with E-state index in [0.29, 0.717) is 19.4 Å². The zero-order chi connectivity index (χ0) is 22.9. The second-order valence-electron chi connectivity index (χ2n) is 8.64. The predicted octanol–water partition coefficient (Wildman–Crippen LogP) is 3.63. The number of carboxylic acids is 1. The van der Waals surface area contributed by atoms with Crippen molar-refractivity contribution in [3.05, 3.63) is 59.7 Å². The molecule has 0 saturated carbocycles. The maximum Gasteiger partial charge on any atom is 0.407 e. The second kappa shape index (κ2) is 8.65. The van der Waals surface area contributed by atoms with E-state index < -0.39 is 23.5 Å². The van der Waals surface area contributed by atoms with Gasteiger partial charge in [-0.1, -0.05) is 55.5 Å². The summed E-state index contributed by atoms with van der Waals surface area (Å²) in [5, 5.41) is 12.1. The Balaban J connectivity index is 1.36. The maximum atomic E-state index is 12.8. The Morgan fingerprint density at radius 3 is 2.25 bits per heavy atom. The van der Waals surface area contributed by atoms with Crippen LogP contribution < -0.4 is 5.32 Å². The molecular weight excluding hydrogens is 408 g/mol. The summed E-state index contributed by atoms with van der Waals surface area (Å²) in [6.07, 6.45) is 0.217. The van der Waals surface area contributed by atoms with Gasteiger partial charge in [0, 0.05) is 19.0 Å². The number of carbonyl (C=O) groups is 3. The molecule has 7 nitrogen and oxygen atoms in total. The number of aliphatic carboxylic acids is 1. The van der Waals surface area contributed by atoms with Crippen LogP contribution in [0.4, 0.5) is 4.79 Å². The van der Waals surface area contributed by atoms with Gasteiger partial charge in [0.1, 0.15) is 12.6 Å². The van der Waals surface area contributed by atoms with E-state index in [9.17, 15) is 19.5 Å². The van der Waals surface area contributed by atoms with E-state index in [1.165, 1.54) is 4.90 Å². The van der Waals surface area contributed by atoms with E-state index in [1.54, 1.807) is 6.92 Å². The molecule has 0 aromatic heterocycles. The zero-order valence-corrected chi connectivity index (χ0v) is 18.3. The van der Waals surface area contributed by atoms with Crippen molar-refractivity contribution in [2.24, 2.45) is 5.41 Å². The van der Waals surface area contributed by atoms with Crippen LogP contribution in [0.2, 0.25) is 0 Å². The lowest BCUT2D eigenvalue weighted by molar-refractivity contribution is -0.148. The molecule has 7 heteroatoms. The highest BCUT2D eigenvalue weighted by atomic mass is 16.5. The van der Waals surface area contributed by atoms with Gasteiger partial charge >= 0.3 is 12.1 Å². The molecular formula is C25H28N2O5. The number of amides is 2. The summed E-state index contributed by atoms with van der Waals surface area (Å²) in [5.41, 5.74) is 3.62. The fourth-order valence-corrected chi connectivity index (χ4v) is 4.83. The summed E-state index contributed by atoms with van der Waals surface area (Å²) in [7, 11) is 0. The van der Waals surface area contributed by atoms with Crippen molar-refractivity contribution in [3.63, 3.8) is 0 Å². The van der Waals surface area contributed by atoms with Crippen molar-refractivity contribution in [1.82, 2.24) is 10.2 Å². The topological polar surface area (TPSA) is 95.9 Å². The third kappa shape index (κ3) is 3.83. The number of nitrogens with one attached hydrogen (secondary N) is 1. The third-order valence-corrected chi connectivity index (χ3v) is 6.84. The molecule has 2 N–H and O–H groups in total. The molecule has 0 bridgehead atoms. The molecule has 2 aliphatic rings. The standard InChI is InChI=1S/C25H28N2O5/c1-3-25(23(29)30)12-13-27(15-25)22(28)16(2)26-24(31)32-14-21-19-10-6-4-8-17(19)18-9-5-7-11-20(18)21/h4-11,16,21H,3,12-15H2,1-2H3,(H,26,31)(H,29,30)/t16-,25?/m0/s1. The highest BCUT2D eigenvalue weighted by Crippen LogP contribution is 2.44. The molecule has 1 aliphatic carbocycles. The van der Waals surface area contributed by atoms with Gasteiger partial charge in [0.05, 0.1) is 5.41 Å². The van der Waals surface area contributed by atoms with E-state index in [2.05, 4.69) is 17.4 Å². The number of hydrogen-bond donors (Lipinski definition) is 2. The second-order valence-corrected chi connectivity index (χ2v) is 8.64. The van der Waals surface area contributed by atoms with Crippen LogP contribution in [0.1, 0.15) is 43.7 Å². The molecule has 0 spiro atoms. The van der Waals surface area contributed by atoms with Crippen LogP contribution in [0.3, 0.4) is 0 Å². The first-order valence-corrected chi connectivity index (χ1v) is 11.0. The van der Waals surface area contributed by atoms with Gasteiger partial charge in [0.15, 0.2) is 0 Å². The number of likely N-dealkylation sites (tertiary alicyclic amines) is 1. The first kappa shape index (κ1) is 21.9. The monoisotopic (exact) mass is 436 g/mol. The highest BCUT2D eigenvalue weighted by Gasteiger charge is 2.45. The molecule has 168 valence electrons. The molecule has 2 aromatic rings. The van der Waals surface area contributed by atoms with Gasteiger partial charge in [-0.15, -0.1) is 0 Å². The van der Waals surface area contributed by atoms with Crippen molar-refractivity contribution >= 4 is 18.0 Å². The zero-order valence-electron chi connectivity index (χ0n) is 18.3. The average molecular weight is 437 g/mol. The number of ether oxygens (including phenoxy) is 1. The first-order chi connectivity index (χ1) is 15.4. The SMILES string of the molecule is CCC1(C(=O)O)CCN(C(=O)[C@H](C)NC(=O)OCC2c3ccccc3-c3ccccc32)C1. The van der Waals surface area contributed by atoms with E-state index in [-0.39, 0.29) is 25.0 Å². The van der Waals surface area contributed by atoms with Gasteiger partial charge in [0.2, 0.25) is 5.91 Å². The van der Waals surface area contributed by atoms with Crippen LogP contribution in [0, 0.1) is 5.41 Å². The average Bonchev–Trinajstić information content (AvgIpc) is 3.38. The summed E-state index contributed by atoms with van der Waals surface area (Å²) in [6.45, 7) is 4.11. The number of nitrogens with zero attached hydrogens (tertiary/aromatic N) is 1. The molecule has 2 aromatic carbocycles. The Bertz CT molecular complexity index is 1010. The molecule has 1 heterocycles. The molecule has 2 atom stereocenters. The lowest BCUT2D eigenvalue weighted by Crippen LogP contribution is -2.47. The van der Waals surface area contributed by atoms with Crippen molar-refractivity contribution < 1.29 is 24.2 Å². The molecule has 2 amide bonds. The molecule has 0 radical (unpaired) electrons. The number of rotatable bonds is 6. The van der Waals surface area contributed by atoms with Crippen molar-refractivity contribution in [2.45, 2.75) is 38.6 Å². The Labute approximate surface area is 187 Å². The minimum atomic E-state index is -0.904. The van der Waals surface area contributed by atoms with Crippen LogP contribution in [0.15, 0.2) is 48.5 Å². The summed E-state index contributed by atoms with van der Waals surface area (Å²) in [4.78, 5) is 38.4. The molecule has 32 heavy (non-hydrogen) atoms. The predicted molar refractivity (Wildman–Crippen MR) is 119 cm³/mol. The smallest absolute Gasteiger partial charge is 0.407 e. The lowest BCUT2D eigenvalue weighted by atomic mass is 9.84. The summed E-state index contributed by atoms with van der Waals surface area (Å²) < 4.78 is 5.51. The van der Waals surface area contributed by atoms with Crippen molar-refractivity contribution in [1.29, 1.82) is 0 Å². The first-order valence-electron chi connectivity index (χ1n) is 11.0. The summed E-state index contributed by atoms with van der Waals surface area (Å²) in [5.74, 6) is -1.24. The minimum absolute atomic E-state index is 0.0570. The van der Waals surface area contributed by atoms with Crippen LogP contribution in [0.5, 0.6) is 0 Å². The quantitative estimate of drug-likeness (QED) is 0.721. The van der Waals surface area contributed by atoms with E-state index in [4.69, 9.17) is 4.74 Å². The Kier molecular flexibility index (Phi) is 5.91. The van der Waals surface area contributed by atoms with Crippen LogP contribution >= 0.6 is 0 Å². The Morgan fingerprint density at radius 1 is 1.12 bits per heavy atom. The van der Waals surface area contributed by atoms with Crippen LogP contribution in [0.25, 0.3) is 11.1 Å². The number of benzene rings is 2. The van der Waals surface area contributed by atoms with E-state index >= 15 is 0 Å². The summed E-state index contributed by atoms with van der Waals surface area (Å²) >= 11 is 0. The van der Waals surface area contributed by atoms with Crippen molar-refractivity contribution in [2.75, 3.05) is 19.7 Å². The molecule has 1 saturated heterocycles. The fraction of sp³-hybridized carbons (Fsp3) is 0.400. The van der Waals surface area contributed by atoms with Gasteiger partial charge in [-0.05, 0) is 42.0 Å². The molecule has 1 unspecified atom stereocenters. The summed E-state index contributed by atoms with van der Waals surface area (Å²) in [6, 6.07) is 15.4. The van der Waals surface area contributed by atoms with E-state index in [1.807, 2.05) is 43.3 Å². The largest absolute Gasteiger partial charge is 0.481 e. The van der Waals surface area contributed by atoms with Gasteiger partial charge in [-0.3, -0.25) is 9.59 Å². The van der Waals surface area contributed by atoms with Gasteiger partial charge in [-0.2, -0.15) is 0 Å². The Hall–Kier alpha value is -3.35. The fourth-order valence-electron chi connectivity index (χ4n) is 4.83. The number of alkyl carbamates (subject to hydrolysis) is 1. The number of hydrogen-bond acceptors (Lipinski definition) is 4. The van der Waals surface area contributed by atoms with Crippen molar-refractivity contribution in [3.8, 4) is 11.1 Å². The number of fused-ring (bicyclic) bond motifs is 3. The van der Waals surface area contributed by atoms with Gasteiger partial charge in [-0.25, -0.2) is 4.79 Å². The van der Waals surface area contributed by atoms with E-state index in [0.717, 1.165) is 22.3 Å². The molecule has 4 rings (SSSR count). The molecule has 1 fully saturated rings. The van der Waals surface area contributed by atoms with Gasteiger partial charge < -0.3 is 20.1 Å². The van der Waals surface area contributed by atoms with Crippen LogP contribution in [-0.4, -0.2) is 53.7 Å². The number of carbonyl (C=O) groups excluding carboxylic acids is 2. The highest BCUT2D eigenvalue weighted by molar-refractivity contribution is 5.87. The van der Waals surface area contributed by atoms with Gasteiger partial charge in [0.25, 0.3) is 0 Å². The minimum Gasteiger partial charge on any atom is -0.481 e. The third-order valence-electron chi connectivity index (χ3n) is 6.84. The lowest BCUT2D eigenvalue weighted by Gasteiger charge is -2.25.